The Morgan fingerprint density at radius 1 is 1.42 bits per heavy atom. The van der Waals surface area contributed by atoms with Gasteiger partial charge in [0, 0.05) is 22.3 Å². The first kappa shape index (κ1) is 14.1. The van der Waals surface area contributed by atoms with Crippen molar-refractivity contribution in [3.8, 4) is 0 Å². The van der Waals surface area contributed by atoms with Crippen LogP contribution in [0.3, 0.4) is 0 Å². The number of amides is 2. The summed E-state index contributed by atoms with van der Waals surface area (Å²) in [6.07, 6.45) is 0. The third kappa shape index (κ3) is 3.37. The molecule has 1 aliphatic rings. The summed E-state index contributed by atoms with van der Waals surface area (Å²) in [4.78, 5) is 24.6. The third-order valence-electron chi connectivity index (χ3n) is 3.29. The Kier molecular flexibility index (Phi) is 4.28. The molecule has 0 bridgehead atoms. The molecule has 1 aromatic rings. The Labute approximate surface area is 125 Å². The molecular weight excluding hydrogens is 359 g/mol. The van der Waals surface area contributed by atoms with E-state index in [0.717, 1.165) is 9.26 Å². The zero-order chi connectivity index (χ0) is 14.0. The van der Waals surface area contributed by atoms with Crippen molar-refractivity contribution < 1.29 is 14.7 Å². The molecule has 1 aromatic carbocycles. The molecular formula is C13H15IN2O3. The van der Waals surface area contributed by atoms with Crippen LogP contribution in [0.5, 0.6) is 0 Å². The van der Waals surface area contributed by atoms with E-state index in [1.165, 1.54) is 0 Å². The molecule has 2 atom stereocenters. The van der Waals surface area contributed by atoms with Crippen LogP contribution in [0.25, 0.3) is 0 Å². The van der Waals surface area contributed by atoms with Gasteiger partial charge in [0.15, 0.2) is 0 Å². The van der Waals surface area contributed by atoms with E-state index in [1.807, 2.05) is 31.2 Å². The van der Waals surface area contributed by atoms with Crippen LogP contribution in [0.15, 0.2) is 24.3 Å². The second-order valence-electron chi connectivity index (χ2n) is 4.77. The minimum Gasteiger partial charge on any atom is -0.481 e. The van der Waals surface area contributed by atoms with E-state index in [-0.39, 0.29) is 18.5 Å². The molecule has 0 saturated carbocycles. The van der Waals surface area contributed by atoms with Crippen molar-refractivity contribution in [1.82, 2.24) is 4.90 Å². The van der Waals surface area contributed by atoms with Gasteiger partial charge in [-0.05, 0) is 46.7 Å². The zero-order valence-electron chi connectivity index (χ0n) is 10.5. The number of carboxylic acid groups (broad SMARTS) is 1. The van der Waals surface area contributed by atoms with Gasteiger partial charge in [-0.1, -0.05) is 13.0 Å². The van der Waals surface area contributed by atoms with Gasteiger partial charge in [-0.3, -0.25) is 4.79 Å². The monoisotopic (exact) mass is 374 g/mol. The van der Waals surface area contributed by atoms with E-state index in [2.05, 4.69) is 27.9 Å². The standard InChI is InChI=1S/C13H15IN2O3/c1-8-6-16(7-11(8)12(17)18)13(19)15-10-4-2-3-9(14)5-10/h2-5,8,11H,6-7H2,1H3,(H,15,19)(H,17,18). The quantitative estimate of drug-likeness (QED) is 0.782. The van der Waals surface area contributed by atoms with Crippen LogP contribution in [-0.4, -0.2) is 35.1 Å². The van der Waals surface area contributed by atoms with E-state index in [9.17, 15) is 9.59 Å². The number of carboxylic acids is 1. The summed E-state index contributed by atoms with van der Waals surface area (Å²) in [7, 11) is 0. The smallest absolute Gasteiger partial charge is 0.321 e. The summed E-state index contributed by atoms with van der Waals surface area (Å²) in [6.45, 7) is 2.61. The zero-order valence-corrected chi connectivity index (χ0v) is 12.6. The minimum atomic E-state index is -0.836. The van der Waals surface area contributed by atoms with Gasteiger partial charge in [-0.2, -0.15) is 0 Å². The second kappa shape index (κ2) is 5.77. The van der Waals surface area contributed by atoms with Crippen molar-refractivity contribution in [3.05, 3.63) is 27.8 Å². The van der Waals surface area contributed by atoms with Gasteiger partial charge in [0.1, 0.15) is 0 Å². The molecule has 1 heterocycles. The van der Waals surface area contributed by atoms with E-state index >= 15 is 0 Å². The highest BCUT2D eigenvalue weighted by atomic mass is 127. The van der Waals surface area contributed by atoms with Gasteiger partial charge in [0.25, 0.3) is 0 Å². The molecule has 2 unspecified atom stereocenters. The maximum absolute atomic E-state index is 12.1. The molecule has 102 valence electrons. The number of carbonyl (C=O) groups is 2. The average molecular weight is 374 g/mol. The third-order valence-corrected chi connectivity index (χ3v) is 3.96. The van der Waals surface area contributed by atoms with Crippen molar-refractivity contribution in [3.63, 3.8) is 0 Å². The van der Waals surface area contributed by atoms with E-state index in [1.54, 1.807) is 4.90 Å². The lowest BCUT2D eigenvalue weighted by atomic mass is 9.99. The number of nitrogens with zero attached hydrogens (tertiary/aromatic N) is 1. The van der Waals surface area contributed by atoms with Crippen molar-refractivity contribution in [2.45, 2.75) is 6.92 Å². The number of hydrogen-bond donors (Lipinski definition) is 2. The first-order valence-corrected chi connectivity index (χ1v) is 7.09. The van der Waals surface area contributed by atoms with E-state index in [4.69, 9.17) is 5.11 Å². The van der Waals surface area contributed by atoms with Crippen LogP contribution in [0.1, 0.15) is 6.92 Å². The van der Waals surface area contributed by atoms with Crippen LogP contribution in [0.4, 0.5) is 10.5 Å². The van der Waals surface area contributed by atoms with E-state index in [0.29, 0.717) is 6.54 Å². The summed E-state index contributed by atoms with van der Waals surface area (Å²) in [5.41, 5.74) is 0.725. The lowest BCUT2D eigenvalue weighted by Crippen LogP contribution is -2.33. The maximum Gasteiger partial charge on any atom is 0.321 e. The van der Waals surface area contributed by atoms with Gasteiger partial charge < -0.3 is 15.3 Å². The highest BCUT2D eigenvalue weighted by Gasteiger charge is 2.36. The minimum absolute atomic E-state index is 0.0147. The Bertz CT molecular complexity index is 506. The van der Waals surface area contributed by atoms with Gasteiger partial charge >= 0.3 is 12.0 Å². The maximum atomic E-state index is 12.1. The van der Waals surface area contributed by atoms with Crippen molar-refractivity contribution in [2.75, 3.05) is 18.4 Å². The highest BCUT2D eigenvalue weighted by Crippen LogP contribution is 2.24. The van der Waals surface area contributed by atoms with Crippen LogP contribution in [0, 0.1) is 15.4 Å². The molecule has 5 nitrogen and oxygen atoms in total. The Morgan fingerprint density at radius 3 is 2.74 bits per heavy atom. The van der Waals surface area contributed by atoms with Crippen molar-refractivity contribution in [2.24, 2.45) is 11.8 Å². The predicted octanol–water partition coefficient (Wildman–Crippen LogP) is 2.48. The van der Waals surface area contributed by atoms with Crippen molar-refractivity contribution in [1.29, 1.82) is 0 Å². The number of carbonyl (C=O) groups excluding carboxylic acids is 1. The van der Waals surface area contributed by atoms with Crippen LogP contribution in [-0.2, 0) is 4.79 Å². The number of halogens is 1. The number of nitrogens with one attached hydrogen (secondary N) is 1. The van der Waals surface area contributed by atoms with Crippen LogP contribution in [0.2, 0.25) is 0 Å². The number of hydrogen-bond acceptors (Lipinski definition) is 2. The molecule has 6 heteroatoms. The van der Waals surface area contributed by atoms with Crippen LogP contribution >= 0.6 is 22.6 Å². The number of rotatable bonds is 2. The molecule has 0 aromatic heterocycles. The van der Waals surface area contributed by atoms with Crippen molar-refractivity contribution >= 4 is 40.3 Å². The molecule has 2 amide bonds. The van der Waals surface area contributed by atoms with Crippen LogP contribution < -0.4 is 5.32 Å². The Morgan fingerprint density at radius 2 is 2.16 bits per heavy atom. The molecule has 2 N–H and O–H groups in total. The summed E-state index contributed by atoms with van der Waals surface area (Å²) in [5, 5.41) is 11.8. The Hall–Kier alpha value is -1.31. The number of likely N-dealkylation sites (tertiary alicyclic amines) is 1. The fourth-order valence-electron chi connectivity index (χ4n) is 2.22. The number of benzene rings is 1. The topological polar surface area (TPSA) is 69.6 Å². The SMILES string of the molecule is CC1CN(C(=O)Nc2cccc(I)c2)CC1C(=O)O. The summed E-state index contributed by atoms with van der Waals surface area (Å²) in [5.74, 6) is -1.32. The Balaban J connectivity index is 2.00. The highest BCUT2D eigenvalue weighted by molar-refractivity contribution is 14.1. The molecule has 0 spiro atoms. The molecule has 2 rings (SSSR count). The molecule has 0 radical (unpaired) electrons. The summed E-state index contributed by atoms with van der Waals surface area (Å²) < 4.78 is 1.04. The molecule has 19 heavy (non-hydrogen) atoms. The first-order valence-electron chi connectivity index (χ1n) is 6.01. The molecule has 1 aliphatic heterocycles. The number of aliphatic carboxylic acids is 1. The molecule has 1 saturated heterocycles. The normalized spacial score (nSPS) is 22.3. The number of anilines is 1. The average Bonchev–Trinajstić information content (AvgIpc) is 2.71. The van der Waals surface area contributed by atoms with Gasteiger partial charge in [-0.25, -0.2) is 4.79 Å². The van der Waals surface area contributed by atoms with Gasteiger partial charge in [-0.15, -0.1) is 0 Å². The lowest BCUT2D eigenvalue weighted by Gasteiger charge is -2.17. The van der Waals surface area contributed by atoms with E-state index < -0.39 is 11.9 Å². The van der Waals surface area contributed by atoms with Gasteiger partial charge in [0.2, 0.25) is 0 Å². The fraction of sp³-hybridized carbons (Fsp3) is 0.385. The second-order valence-corrected chi connectivity index (χ2v) is 6.01. The predicted molar refractivity (Wildman–Crippen MR) is 80.0 cm³/mol. The molecule has 1 fully saturated rings. The lowest BCUT2D eigenvalue weighted by molar-refractivity contribution is -0.142. The first-order chi connectivity index (χ1) is 8.97. The largest absolute Gasteiger partial charge is 0.481 e. The summed E-state index contributed by atoms with van der Waals surface area (Å²) in [6, 6.07) is 7.25. The van der Waals surface area contributed by atoms with Gasteiger partial charge in [0.05, 0.1) is 5.92 Å². The molecule has 0 aliphatic carbocycles. The fourth-order valence-corrected chi connectivity index (χ4v) is 2.77. The number of urea groups is 1. The summed E-state index contributed by atoms with van der Waals surface area (Å²) >= 11 is 2.17.